The summed E-state index contributed by atoms with van der Waals surface area (Å²) >= 11 is 0. The summed E-state index contributed by atoms with van der Waals surface area (Å²) in [5.74, 6) is -0.891. The van der Waals surface area contributed by atoms with Gasteiger partial charge in [0.25, 0.3) is 5.91 Å². The number of ether oxygens (including phenoxy) is 1. The second-order valence-corrected chi connectivity index (χ2v) is 5.90. The SMILES string of the molecule is Cn1cccc1C(CNC(=O)c1ccccc1F)N1CCOCC1. The van der Waals surface area contributed by atoms with Crippen molar-refractivity contribution in [3.63, 3.8) is 0 Å². The normalized spacial score (nSPS) is 16.8. The number of carbonyl (C=O) groups excluding carboxylic acids is 1. The number of amides is 1. The van der Waals surface area contributed by atoms with Gasteiger partial charge in [0.2, 0.25) is 0 Å². The lowest BCUT2D eigenvalue weighted by molar-refractivity contribution is 0.0148. The predicted molar refractivity (Wildman–Crippen MR) is 89.3 cm³/mol. The van der Waals surface area contributed by atoms with Gasteiger partial charge < -0.3 is 14.6 Å². The summed E-state index contributed by atoms with van der Waals surface area (Å²) < 4.78 is 21.2. The van der Waals surface area contributed by atoms with E-state index in [2.05, 4.69) is 20.9 Å². The van der Waals surface area contributed by atoms with Gasteiger partial charge in [-0.3, -0.25) is 9.69 Å². The van der Waals surface area contributed by atoms with Crippen LogP contribution in [0.3, 0.4) is 0 Å². The molecular weight excluding hydrogens is 309 g/mol. The molecule has 1 aliphatic rings. The summed E-state index contributed by atoms with van der Waals surface area (Å²) in [5.41, 5.74) is 1.19. The number of hydrogen-bond acceptors (Lipinski definition) is 3. The molecular formula is C18H22FN3O2. The number of carbonyl (C=O) groups is 1. The molecule has 6 heteroatoms. The Hall–Kier alpha value is -2.18. The topological polar surface area (TPSA) is 46.5 Å². The van der Waals surface area contributed by atoms with Gasteiger partial charge in [-0.1, -0.05) is 12.1 Å². The molecule has 1 aliphatic heterocycles. The fraction of sp³-hybridized carbons (Fsp3) is 0.389. The van der Waals surface area contributed by atoms with Crippen LogP contribution in [0.2, 0.25) is 0 Å². The van der Waals surface area contributed by atoms with Crippen molar-refractivity contribution in [1.29, 1.82) is 0 Å². The molecule has 1 saturated heterocycles. The first-order chi connectivity index (χ1) is 11.7. The van der Waals surface area contributed by atoms with Crippen molar-refractivity contribution < 1.29 is 13.9 Å². The summed E-state index contributed by atoms with van der Waals surface area (Å²) in [6, 6.07) is 10.1. The van der Waals surface area contributed by atoms with E-state index in [1.54, 1.807) is 12.1 Å². The number of aryl methyl sites for hydroxylation is 1. The lowest BCUT2D eigenvalue weighted by Gasteiger charge is -2.35. The molecule has 1 fully saturated rings. The largest absolute Gasteiger partial charge is 0.379 e. The van der Waals surface area contributed by atoms with Gasteiger partial charge in [0.15, 0.2) is 0 Å². The maximum absolute atomic E-state index is 13.8. The van der Waals surface area contributed by atoms with E-state index in [4.69, 9.17) is 4.74 Å². The maximum atomic E-state index is 13.8. The molecule has 3 rings (SSSR count). The molecule has 1 amide bonds. The smallest absolute Gasteiger partial charge is 0.254 e. The first kappa shape index (κ1) is 16.7. The van der Waals surface area contributed by atoms with Crippen LogP contribution in [0.4, 0.5) is 4.39 Å². The maximum Gasteiger partial charge on any atom is 0.254 e. The summed E-state index contributed by atoms with van der Waals surface area (Å²) in [6.45, 7) is 3.41. The molecule has 0 saturated carbocycles. The van der Waals surface area contributed by atoms with E-state index in [1.807, 2.05) is 19.3 Å². The molecule has 2 aromatic rings. The fourth-order valence-corrected chi connectivity index (χ4v) is 3.06. The van der Waals surface area contributed by atoms with Gasteiger partial charge in [-0.2, -0.15) is 0 Å². The van der Waals surface area contributed by atoms with Gasteiger partial charge in [0.05, 0.1) is 24.8 Å². The Labute approximate surface area is 141 Å². The van der Waals surface area contributed by atoms with Crippen LogP contribution < -0.4 is 5.32 Å². The average Bonchev–Trinajstić information content (AvgIpc) is 3.02. The molecule has 1 atom stereocenters. The van der Waals surface area contributed by atoms with E-state index in [0.29, 0.717) is 19.8 Å². The first-order valence-corrected chi connectivity index (χ1v) is 8.12. The highest BCUT2D eigenvalue weighted by molar-refractivity contribution is 5.94. The van der Waals surface area contributed by atoms with Gasteiger partial charge in [-0.15, -0.1) is 0 Å². The Morgan fingerprint density at radius 1 is 1.25 bits per heavy atom. The molecule has 1 unspecified atom stereocenters. The van der Waals surface area contributed by atoms with Crippen LogP contribution in [-0.2, 0) is 11.8 Å². The Balaban J connectivity index is 1.73. The third-order valence-corrected chi connectivity index (χ3v) is 4.39. The Morgan fingerprint density at radius 2 is 2.00 bits per heavy atom. The molecule has 1 N–H and O–H groups in total. The van der Waals surface area contributed by atoms with Gasteiger partial charge in [-0.05, 0) is 24.3 Å². The third kappa shape index (κ3) is 3.66. The van der Waals surface area contributed by atoms with Gasteiger partial charge in [-0.25, -0.2) is 4.39 Å². The second kappa shape index (κ2) is 7.59. The average molecular weight is 331 g/mol. The highest BCUT2D eigenvalue weighted by Gasteiger charge is 2.25. The monoisotopic (exact) mass is 331 g/mol. The van der Waals surface area contributed by atoms with Crippen molar-refractivity contribution in [3.8, 4) is 0 Å². The zero-order valence-electron chi connectivity index (χ0n) is 13.7. The van der Waals surface area contributed by atoms with Crippen LogP contribution in [0.1, 0.15) is 22.1 Å². The zero-order chi connectivity index (χ0) is 16.9. The molecule has 5 nitrogen and oxygen atoms in total. The highest BCUT2D eigenvalue weighted by atomic mass is 19.1. The van der Waals surface area contributed by atoms with E-state index in [0.717, 1.165) is 18.8 Å². The standard InChI is InChI=1S/C18H22FN3O2/c1-21-8-4-7-16(21)17(22-9-11-24-12-10-22)13-20-18(23)14-5-2-3-6-15(14)19/h2-8,17H,9-13H2,1H3,(H,20,23). The van der Waals surface area contributed by atoms with E-state index < -0.39 is 5.82 Å². The number of benzene rings is 1. The summed E-state index contributed by atoms with van der Waals surface area (Å²) in [5, 5.41) is 2.88. The van der Waals surface area contributed by atoms with Crippen LogP contribution in [-0.4, -0.2) is 48.2 Å². The van der Waals surface area contributed by atoms with Crippen molar-refractivity contribution in [1.82, 2.24) is 14.8 Å². The van der Waals surface area contributed by atoms with Crippen molar-refractivity contribution >= 4 is 5.91 Å². The number of aromatic nitrogens is 1. The van der Waals surface area contributed by atoms with E-state index in [-0.39, 0.29) is 17.5 Å². The van der Waals surface area contributed by atoms with Crippen molar-refractivity contribution in [2.24, 2.45) is 7.05 Å². The van der Waals surface area contributed by atoms with E-state index in [9.17, 15) is 9.18 Å². The lowest BCUT2D eigenvalue weighted by Crippen LogP contribution is -2.44. The van der Waals surface area contributed by atoms with Gasteiger partial charge >= 0.3 is 0 Å². The van der Waals surface area contributed by atoms with E-state index >= 15 is 0 Å². The van der Waals surface area contributed by atoms with Gasteiger partial charge in [0.1, 0.15) is 5.82 Å². The van der Waals surface area contributed by atoms with E-state index in [1.165, 1.54) is 12.1 Å². The molecule has 1 aromatic carbocycles. The molecule has 0 bridgehead atoms. The summed E-state index contributed by atoms with van der Waals surface area (Å²) in [6.07, 6.45) is 1.99. The minimum absolute atomic E-state index is 0.0321. The van der Waals surface area contributed by atoms with Gasteiger partial charge in [0, 0.05) is 38.6 Å². The van der Waals surface area contributed by atoms with Crippen LogP contribution in [0.5, 0.6) is 0 Å². The Bertz CT molecular complexity index is 695. The van der Waals surface area contributed by atoms with Crippen molar-refractivity contribution in [2.75, 3.05) is 32.8 Å². The minimum Gasteiger partial charge on any atom is -0.379 e. The molecule has 1 aromatic heterocycles. The van der Waals surface area contributed by atoms with Crippen molar-refractivity contribution in [3.05, 3.63) is 59.7 Å². The molecule has 2 heterocycles. The quantitative estimate of drug-likeness (QED) is 0.911. The number of nitrogens with zero attached hydrogens (tertiary/aromatic N) is 2. The molecule has 0 spiro atoms. The summed E-state index contributed by atoms with van der Waals surface area (Å²) in [4.78, 5) is 14.6. The third-order valence-electron chi connectivity index (χ3n) is 4.39. The second-order valence-electron chi connectivity index (χ2n) is 5.90. The number of nitrogens with one attached hydrogen (secondary N) is 1. The first-order valence-electron chi connectivity index (χ1n) is 8.12. The number of rotatable bonds is 5. The van der Waals surface area contributed by atoms with Crippen LogP contribution in [0.15, 0.2) is 42.6 Å². The Kier molecular flexibility index (Phi) is 5.27. The van der Waals surface area contributed by atoms with Crippen molar-refractivity contribution in [2.45, 2.75) is 6.04 Å². The summed E-state index contributed by atoms with van der Waals surface area (Å²) in [7, 11) is 1.99. The van der Waals surface area contributed by atoms with Crippen LogP contribution in [0.25, 0.3) is 0 Å². The predicted octanol–water partition coefficient (Wildman–Crippen LogP) is 1.97. The molecule has 0 aliphatic carbocycles. The van der Waals surface area contributed by atoms with Crippen LogP contribution >= 0.6 is 0 Å². The molecule has 128 valence electrons. The number of hydrogen-bond donors (Lipinski definition) is 1. The highest BCUT2D eigenvalue weighted by Crippen LogP contribution is 2.21. The zero-order valence-corrected chi connectivity index (χ0v) is 13.7. The lowest BCUT2D eigenvalue weighted by atomic mass is 10.1. The Morgan fingerprint density at radius 3 is 2.67 bits per heavy atom. The number of halogens is 1. The minimum atomic E-state index is -0.503. The van der Waals surface area contributed by atoms with Crippen LogP contribution in [0, 0.1) is 5.82 Å². The molecule has 24 heavy (non-hydrogen) atoms. The molecule has 0 radical (unpaired) electrons. The number of morpholine rings is 1. The fourth-order valence-electron chi connectivity index (χ4n) is 3.06.